The molecule has 0 spiro atoms. The molecular formula is C12H21N5O3. The van der Waals surface area contributed by atoms with Gasteiger partial charge in [-0.3, -0.25) is 10.1 Å². The second-order valence-electron chi connectivity index (χ2n) is 4.55. The summed E-state index contributed by atoms with van der Waals surface area (Å²) >= 11 is 0. The van der Waals surface area contributed by atoms with Crippen LogP contribution in [-0.4, -0.2) is 29.2 Å². The Morgan fingerprint density at radius 2 is 2.10 bits per heavy atom. The van der Waals surface area contributed by atoms with E-state index in [4.69, 9.17) is 10.6 Å². The highest BCUT2D eigenvalue weighted by Crippen LogP contribution is 2.19. The first kappa shape index (κ1) is 16.1. The third-order valence-electron chi connectivity index (χ3n) is 2.50. The number of ether oxygens (including phenoxy) is 1. The Morgan fingerprint density at radius 1 is 1.40 bits per heavy atom. The van der Waals surface area contributed by atoms with Crippen LogP contribution in [0.3, 0.4) is 0 Å². The summed E-state index contributed by atoms with van der Waals surface area (Å²) in [4.78, 5) is 14.4. The van der Waals surface area contributed by atoms with Gasteiger partial charge in [0.15, 0.2) is 0 Å². The Kier molecular flexibility index (Phi) is 6.68. The number of nitrogen functional groups attached to an aromatic ring is 1. The molecule has 0 fully saturated rings. The molecule has 1 aromatic rings. The van der Waals surface area contributed by atoms with Gasteiger partial charge in [-0.2, -0.15) is 0 Å². The molecule has 20 heavy (non-hydrogen) atoms. The lowest BCUT2D eigenvalue weighted by Crippen LogP contribution is -2.11. The number of nitrogens with two attached hydrogens (primary N) is 1. The number of hydrogen-bond donors (Lipinski definition) is 3. The lowest BCUT2D eigenvalue weighted by molar-refractivity contribution is -0.384. The summed E-state index contributed by atoms with van der Waals surface area (Å²) in [6.07, 6.45) is 2.05. The quantitative estimate of drug-likeness (QED) is 0.274. The maximum Gasteiger partial charge on any atom is 0.276 e. The number of nitrogens with zero attached hydrogens (tertiary/aromatic N) is 2. The predicted molar refractivity (Wildman–Crippen MR) is 77.5 cm³/mol. The highest BCUT2D eigenvalue weighted by Gasteiger charge is 2.10. The van der Waals surface area contributed by atoms with Crippen molar-refractivity contribution in [1.82, 2.24) is 4.98 Å². The Balaban J connectivity index is 2.43. The van der Waals surface area contributed by atoms with E-state index in [1.807, 2.05) is 13.8 Å². The van der Waals surface area contributed by atoms with Gasteiger partial charge in [0.25, 0.3) is 5.69 Å². The van der Waals surface area contributed by atoms with Crippen LogP contribution in [0.5, 0.6) is 0 Å². The van der Waals surface area contributed by atoms with Crippen LogP contribution < -0.4 is 16.6 Å². The van der Waals surface area contributed by atoms with Crippen molar-refractivity contribution in [2.75, 3.05) is 23.9 Å². The van der Waals surface area contributed by atoms with Crippen molar-refractivity contribution in [3.8, 4) is 0 Å². The van der Waals surface area contributed by atoms with E-state index in [2.05, 4.69) is 15.7 Å². The maximum absolute atomic E-state index is 10.8. The van der Waals surface area contributed by atoms with Gasteiger partial charge in [0.05, 0.1) is 23.2 Å². The summed E-state index contributed by atoms with van der Waals surface area (Å²) in [7, 11) is 0. The normalized spacial score (nSPS) is 10.6. The van der Waals surface area contributed by atoms with Gasteiger partial charge in [-0.25, -0.2) is 10.8 Å². The van der Waals surface area contributed by atoms with Crippen LogP contribution in [0.2, 0.25) is 0 Å². The number of pyridine rings is 1. The van der Waals surface area contributed by atoms with Gasteiger partial charge in [-0.15, -0.1) is 0 Å². The number of unbranched alkanes of at least 4 members (excludes halogenated alkanes) is 1. The van der Waals surface area contributed by atoms with Crippen LogP contribution in [-0.2, 0) is 4.74 Å². The summed E-state index contributed by atoms with van der Waals surface area (Å²) < 4.78 is 5.42. The molecule has 0 radical (unpaired) electrons. The maximum atomic E-state index is 10.8. The molecule has 0 unspecified atom stereocenters. The van der Waals surface area contributed by atoms with E-state index in [-0.39, 0.29) is 17.6 Å². The second-order valence-corrected chi connectivity index (χ2v) is 4.55. The van der Waals surface area contributed by atoms with Crippen molar-refractivity contribution < 1.29 is 9.66 Å². The highest BCUT2D eigenvalue weighted by molar-refractivity contribution is 5.54. The van der Waals surface area contributed by atoms with Gasteiger partial charge in [0.2, 0.25) is 0 Å². The minimum atomic E-state index is -0.482. The van der Waals surface area contributed by atoms with Crippen molar-refractivity contribution in [3.63, 3.8) is 0 Å². The van der Waals surface area contributed by atoms with E-state index in [1.54, 1.807) is 0 Å². The van der Waals surface area contributed by atoms with Crippen LogP contribution in [0.1, 0.15) is 26.7 Å². The Morgan fingerprint density at radius 3 is 2.70 bits per heavy atom. The Bertz CT molecular complexity index is 439. The number of hydrazine groups is 1. The molecule has 8 nitrogen and oxygen atoms in total. The molecule has 0 aliphatic rings. The zero-order chi connectivity index (χ0) is 15.0. The topological polar surface area (TPSA) is 115 Å². The molecule has 0 atom stereocenters. The number of nitrogens with one attached hydrogen (secondary N) is 2. The molecule has 0 saturated heterocycles. The minimum absolute atomic E-state index is 0.0569. The molecule has 0 aliphatic carbocycles. The van der Waals surface area contributed by atoms with Gasteiger partial charge < -0.3 is 15.5 Å². The zero-order valence-corrected chi connectivity index (χ0v) is 11.8. The monoisotopic (exact) mass is 283 g/mol. The molecule has 4 N–H and O–H groups in total. The Labute approximate surface area is 117 Å². The third kappa shape index (κ3) is 5.81. The summed E-state index contributed by atoms with van der Waals surface area (Å²) in [5.74, 6) is 5.91. The molecule has 8 heteroatoms. The molecule has 112 valence electrons. The van der Waals surface area contributed by atoms with Crippen LogP contribution in [0, 0.1) is 10.1 Å². The van der Waals surface area contributed by atoms with Gasteiger partial charge in [0, 0.05) is 13.2 Å². The second kappa shape index (κ2) is 8.28. The molecule has 0 bridgehead atoms. The van der Waals surface area contributed by atoms with Gasteiger partial charge in [-0.05, 0) is 26.7 Å². The fourth-order valence-electron chi connectivity index (χ4n) is 1.55. The van der Waals surface area contributed by atoms with E-state index in [0.717, 1.165) is 12.8 Å². The molecule has 0 saturated carbocycles. The predicted octanol–water partition coefficient (Wildman–Crippen LogP) is 1.89. The zero-order valence-electron chi connectivity index (χ0n) is 11.8. The molecule has 1 rings (SSSR count). The summed E-state index contributed by atoms with van der Waals surface area (Å²) in [6.45, 7) is 5.36. The first-order valence-corrected chi connectivity index (χ1v) is 6.51. The molecule has 0 aliphatic heterocycles. The van der Waals surface area contributed by atoms with Crippen molar-refractivity contribution in [1.29, 1.82) is 0 Å². The van der Waals surface area contributed by atoms with Gasteiger partial charge in [0.1, 0.15) is 11.6 Å². The fraction of sp³-hybridized carbons (Fsp3) is 0.583. The van der Waals surface area contributed by atoms with E-state index >= 15 is 0 Å². The van der Waals surface area contributed by atoms with Gasteiger partial charge >= 0.3 is 0 Å². The van der Waals surface area contributed by atoms with Crippen molar-refractivity contribution in [3.05, 3.63) is 22.2 Å². The minimum Gasteiger partial charge on any atom is -0.379 e. The van der Waals surface area contributed by atoms with Crippen molar-refractivity contribution >= 4 is 17.3 Å². The molecule has 1 aromatic heterocycles. The lowest BCUT2D eigenvalue weighted by Gasteiger charge is -2.09. The number of nitro groups is 1. The largest absolute Gasteiger partial charge is 0.379 e. The fourth-order valence-corrected chi connectivity index (χ4v) is 1.55. The SMILES string of the molecule is CC(C)OCCCCNc1cc([N+](=O)[O-])cc(NN)n1. The van der Waals surface area contributed by atoms with Crippen molar-refractivity contribution in [2.45, 2.75) is 32.8 Å². The molecule has 1 heterocycles. The lowest BCUT2D eigenvalue weighted by atomic mass is 10.3. The first-order valence-electron chi connectivity index (χ1n) is 6.51. The standard InChI is InChI=1S/C12H21N5O3/c1-9(2)20-6-4-3-5-14-11-7-10(17(18)19)8-12(15-11)16-13/h7-9H,3-6,13H2,1-2H3,(H2,14,15,16). The van der Waals surface area contributed by atoms with E-state index in [1.165, 1.54) is 12.1 Å². The smallest absolute Gasteiger partial charge is 0.276 e. The van der Waals surface area contributed by atoms with Crippen LogP contribution in [0.25, 0.3) is 0 Å². The average molecular weight is 283 g/mol. The van der Waals surface area contributed by atoms with Gasteiger partial charge in [-0.1, -0.05) is 0 Å². The Hall–Kier alpha value is -1.93. The van der Waals surface area contributed by atoms with E-state index < -0.39 is 4.92 Å². The number of rotatable bonds is 9. The summed E-state index contributed by atoms with van der Waals surface area (Å²) in [6, 6.07) is 2.66. The van der Waals surface area contributed by atoms with E-state index in [9.17, 15) is 10.1 Å². The molecule has 0 amide bonds. The number of hydrogen-bond acceptors (Lipinski definition) is 7. The third-order valence-corrected chi connectivity index (χ3v) is 2.50. The van der Waals surface area contributed by atoms with Crippen molar-refractivity contribution in [2.24, 2.45) is 5.84 Å². The summed E-state index contributed by atoms with van der Waals surface area (Å²) in [5, 5.41) is 13.8. The van der Waals surface area contributed by atoms with Crippen LogP contribution in [0.4, 0.5) is 17.3 Å². The van der Waals surface area contributed by atoms with Crippen LogP contribution in [0.15, 0.2) is 12.1 Å². The van der Waals surface area contributed by atoms with E-state index in [0.29, 0.717) is 19.0 Å². The number of anilines is 2. The average Bonchev–Trinajstić information content (AvgIpc) is 2.41. The first-order chi connectivity index (χ1) is 9.52. The molecular weight excluding hydrogens is 262 g/mol. The van der Waals surface area contributed by atoms with Crippen LogP contribution >= 0.6 is 0 Å². The molecule has 0 aromatic carbocycles. The number of aromatic nitrogens is 1. The highest BCUT2D eigenvalue weighted by atomic mass is 16.6. The summed E-state index contributed by atoms with van der Waals surface area (Å²) in [5.41, 5.74) is 2.25.